The summed E-state index contributed by atoms with van der Waals surface area (Å²) in [5.74, 6) is 0.984. The van der Waals surface area contributed by atoms with Crippen LogP contribution < -0.4 is 5.73 Å². The predicted molar refractivity (Wildman–Crippen MR) is 62.6 cm³/mol. The molecule has 1 aromatic heterocycles. The molecular formula is C12H17N3. The molecule has 3 heteroatoms. The highest BCUT2D eigenvalue weighted by molar-refractivity contribution is 5.76. The van der Waals surface area contributed by atoms with Gasteiger partial charge in [-0.25, -0.2) is 4.98 Å². The lowest BCUT2D eigenvalue weighted by atomic mass is 10.3. The first kappa shape index (κ1) is 10.2. The zero-order valence-electron chi connectivity index (χ0n) is 9.27. The fourth-order valence-electron chi connectivity index (χ4n) is 1.90. The van der Waals surface area contributed by atoms with Crippen molar-refractivity contribution in [2.75, 3.05) is 0 Å². The van der Waals surface area contributed by atoms with Crippen LogP contribution in [0.4, 0.5) is 0 Å². The van der Waals surface area contributed by atoms with Crippen LogP contribution >= 0.6 is 0 Å². The quantitative estimate of drug-likeness (QED) is 0.832. The average Bonchev–Trinajstić information content (AvgIpc) is 2.58. The van der Waals surface area contributed by atoms with Gasteiger partial charge in [0.2, 0.25) is 0 Å². The topological polar surface area (TPSA) is 43.8 Å². The molecule has 0 fully saturated rings. The maximum absolute atomic E-state index is 5.93. The van der Waals surface area contributed by atoms with Crippen molar-refractivity contribution in [3.05, 3.63) is 30.1 Å². The Morgan fingerprint density at radius 2 is 2.13 bits per heavy atom. The number of benzene rings is 1. The number of nitrogens with zero attached hydrogens (tertiary/aromatic N) is 2. The van der Waals surface area contributed by atoms with Crippen LogP contribution in [0.1, 0.15) is 32.1 Å². The van der Waals surface area contributed by atoms with Gasteiger partial charge in [-0.2, -0.15) is 0 Å². The third-order valence-corrected chi connectivity index (χ3v) is 2.54. The SMILES string of the molecule is CCCn1c([C@@H](C)N)nc2ccccc21. The standard InChI is InChI=1S/C12H17N3/c1-3-8-15-11-7-5-4-6-10(11)14-12(15)9(2)13/h4-7,9H,3,8,13H2,1-2H3/t9-/m1/s1. The third kappa shape index (κ3) is 1.75. The number of aryl methyl sites for hydroxylation is 1. The minimum absolute atomic E-state index is 0.0102. The molecule has 0 unspecified atom stereocenters. The monoisotopic (exact) mass is 203 g/mol. The van der Waals surface area contributed by atoms with Crippen LogP contribution in [0.2, 0.25) is 0 Å². The fourth-order valence-corrected chi connectivity index (χ4v) is 1.90. The molecule has 0 saturated carbocycles. The van der Waals surface area contributed by atoms with Gasteiger partial charge in [-0.3, -0.25) is 0 Å². The van der Waals surface area contributed by atoms with Gasteiger partial charge in [-0.05, 0) is 25.5 Å². The molecule has 2 aromatic rings. The number of fused-ring (bicyclic) bond motifs is 1. The van der Waals surface area contributed by atoms with Crippen molar-refractivity contribution in [3.8, 4) is 0 Å². The van der Waals surface area contributed by atoms with Crippen LogP contribution in [0.5, 0.6) is 0 Å². The van der Waals surface area contributed by atoms with E-state index in [9.17, 15) is 0 Å². The first-order valence-corrected chi connectivity index (χ1v) is 5.44. The minimum Gasteiger partial charge on any atom is -0.327 e. The molecule has 0 aliphatic carbocycles. The first-order chi connectivity index (χ1) is 7.24. The second-order valence-corrected chi connectivity index (χ2v) is 3.90. The molecule has 15 heavy (non-hydrogen) atoms. The molecule has 2 rings (SSSR count). The fraction of sp³-hybridized carbons (Fsp3) is 0.417. The summed E-state index contributed by atoms with van der Waals surface area (Å²) in [6.07, 6.45) is 1.10. The number of para-hydroxylation sites is 2. The van der Waals surface area contributed by atoms with E-state index >= 15 is 0 Å². The van der Waals surface area contributed by atoms with Crippen LogP contribution in [0.3, 0.4) is 0 Å². The molecule has 0 radical (unpaired) electrons. The summed E-state index contributed by atoms with van der Waals surface area (Å²) in [6.45, 7) is 5.13. The maximum atomic E-state index is 5.93. The second kappa shape index (κ2) is 4.03. The maximum Gasteiger partial charge on any atom is 0.126 e. The van der Waals surface area contributed by atoms with E-state index in [0.717, 1.165) is 24.3 Å². The molecule has 1 aromatic carbocycles. The van der Waals surface area contributed by atoms with Gasteiger partial charge >= 0.3 is 0 Å². The lowest BCUT2D eigenvalue weighted by Crippen LogP contribution is -2.13. The Labute approximate surface area is 89.9 Å². The van der Waals surface area contributed by atoms with Crippen LogP contribution in [-0.4, -0.2) is 9.55 Å². The number of hydrogen-bond acceptors (Lipinski definition) is 2. The first-order valence-electron chi connectivity index (χ1n) is 5.44. The summed E-state index contributed by atoms with van der Waals surface area (Å²) in [7, 11) is 0. The van der Waals surface area contributed by atoms with Gasteiger partial charge in [0.1, 0.15) is 5.82 Å². The molecule has 0 aliphatic rings. The van der Waals surface area contributed by atoms with Crippen molar-refractivity contribution in [2.24, 2.45) is 5.73 Å². The van der Waals surface area contributed by atoms with E-state index in [1.807, 2.05) is 25.1 Å². The molecule has 0 spiro atoms. The highest BCUT2D eigenvalue weighted by Gasteiger charge is 2.12. The molecule has 3 nitrogen and oxygen atoms in total. The van der Waals surface area contributed by atoms with Crippen LogP contribution in [0.15, 0.2) is 24.3 Å². The predicted octanol–water partition coefficient (Wildman–Crippen LogP) is 2.47. The summed E-state index contributed by atoms with van der Waals surface area (Å²) < 4.78 is 2.22. The lowest BCUT2D eigenvalue weighted by molar-refractivity contribution is 0.613. The normalized spacial score (nSPS) is 13.3. The van der Waals surface area contributed by atoms with Gasteiger partial charge in [-0.15, -0.1) is 0 Å². The second-order valence-electron chi connectivity index (χ2n) is 3.90. The number of hydrogen-bond donors (Lipinski definition) is 1. The van der Waals surface area contributed by atoms with E-state index in [1.54, 1.807) is 0 Å². The number of nitrogens with two attached hydrogens (primary N) is 1. The van der Waals surface area contributed by atoms with E-state index < -0.39 is 0 Å². The highest BCUT2D eigenvalue weighted by atomic mass is 15.1. The van der Waals surface area contributed by atoms with Crippen molar-refractivity contribution in [3.63, 3.8) is 0 Å². The molecule has 0 saturated heterocycles. The Balaban J connectivity index is 2.63. The van der Waals surface area contributed by atoms with Gasteiger partial charge in [0.15, 0.2) is 0 Å². The minimum atomic E-state index is -0.0102. The van der Waals surface area contributed by atoms with Crippen LogP contribution in [-0.2, 0) is 6.54 Å². The highest BCUT2D eigenvalue weighted by Crippen LogP contribution is 2.19. The summed E-state index contributed by atoms with van der Waals surface area (Å²) >= 11 is 0. The Morgan fingerprint density at radius 3 is 2.80 bits per heavy atom. The largest absolute Gasteiger partial charge is 0.327 e. The molecular weight excluding hydrogens is 186 g/mol. The number of aromatic nitrogens is 2. The van der Waals surface area contributed by atoms with E-state index in [4.69, 9.17) is 5.73 Å². The summed E-state index contributed by atoms with van der Waals surface area (Å²) in [5.41, 5.74) is 8.15. The molecule has 1 heterocycles. The average molecular weight is 203 g/mol. The lowest BCUT2D eigenvalue weighted by Gasteiger charge is -2.09. The molecule has 0 bridgehead atoms. The van der Waals surface area contributed by atoms with E-state index in [1.165, 1.54) is 5.52 Å². The van der Waals surface area contributed by atoms with Gasteiger partial charge in [0.05, 0.1) is 17.1 Å². The van der Waals surface area contributed by atoms with Crippen molar-refractivity contribution < 1.29 is 0 Å². The van der Waals surface area contributed by atoms with Crippen LogP contribution in [0, 0.1) is 0 Å². The molecule has 0 amide bonds. The van der Waals surface area contributed by atoms with Crippen molar-refractivity contribution in [1.29, 1.82) is 0 Å². The zero-order chi connectivity index (χ0) is 10.8. The van der Waals surface area contributed by atoms with Crippen molar-refractivity contribution in [1.82, 2.24) is 9.55 Å². The van der Waals surface area contributed by atoms with Crippen molar-refractivity contribution >= 4 is 11.0 Å². The smallest absolute Gasteiger partial charge is 0.126 e. The van der Waals surface area contributed by atoms with E-state index in [0.29, 0.717) is 0 Å². The Hall–Kier alpha value is -1.35. The van der Waals surface area contributed by atoms with Gasteiger partial charge in [-0.1, -0.05) is 19.1 Å². The molecule has 80 valence electrons. The third-order valence-electron chi connectivity index (χ3n) is 2.54. The summed E-state index contributed by atoms with van der Waals surface area (Å²) in [6, 6.07) is 8.18. The van der Waals surface area contributed by atoms with Crippen molar-refractivity contribution in [2.45, 2.75) is 32.9 Å². The van der Waals surface area contributed by atoms with Crippen LogP contribution in [0.25, 0.3) is 11.0 Å². The molecule has 2 N–H and O–H groups in total. The summed E-state index contributed by atoms with van der Waals surface area (Å²) in [5, 5.41) is 0. The zero-order valence-corrected chi connectivity index (χ0v) is 9.27. The number of imidazole rings is 1. The Morgan fingerprint density at radius 1 is 1.40 bits per heavy atom. The van der Waals surface area contributed by atoms with Gasteiger partial charge in [0, 0.05) is 6.54 Å². The summed E-state index contributed by atoms with van der Waals surface area (Å²) in [4.78, 5) is 4.57. The number of rotatable bonds is 3. The Kier molecular flexibility index (Phi) is 2.73. The molecule has 1 atom stereocenters. The van der Waals surface area contributed by atoms with E-state index in [2.05, 4.69) is 22.5 Å². The van der Waals surface area contributed by atoms with E-state index in [-0.39, 0.29) is 6.04 Å². The van der Waals surface area contributed by atoms with Gasteiger partial charge in [0.25, 0.3) is 0 Å². The Bertz CT molecular complexity index is 457. The molecule has 0 aliphatic heterocycles. The van der Waals surface area contributed by atoms with Gasteiger partial charge < -0.3 is 10.3 Å².